The Morgan fingerprint density at radius 3 is 2.09 bits per heavy atom. The summed E-state index contributed by atoms with van der Waals surface area (Å²) in [6, 6.07) is 25.8. The molecule has 0 fully saturated rings. The minimum Gasteiger partial charge on any atom is -0.748 e. The molecular formula is C58H63N5O14S4. The molecule has 2 amide bonds. The number of benzene rings is 5. The van der Waals surface area contributed by atoms with Crippen molar-refractivity contribution in [3.05, 3.63) is 161 Å². The summed E-state index contributed by atoms with van der Waals surface area (Å²) in [5, 5.41) is 7.19. The first-order valence-electron chi connectivity index (χ1n) is 26.1. The summed E-state index contributed by atoms with van der Waals surface area (Å²) in [7, 11) is -19.2. The number of unbranched alkanes of at least 4 members (excludes halogenated alkanes) is 2. The Labute approximate surface area is 472 Å². The van der Waals surface area contributed by atoms with Gasteiger partial charge in [-0.15, -0.1) is 0 Å². The molecule has 0 saturated heterocycles. The van der Waals surface area contributed by atoms with E-state index in [1.54, 1.807) is 42.5 Å². The number of rotatable bonds is 22. The van der Waals surface area contributed by atoms with Crippen molar-refractivity contribution in [1.82, 2.24) is 15.6 Å². The summed E-state index contributed by atoms with van der Waals surface area (Å²) in [4.78, 5) is 30.9. The average Bonchev–Trinajstić information content (AvgIpc) is 3.37. The van der Waals surface area contributed by atoms with Crippen molar-refractivity contribution < 1.29 is 66.0 Å². The van der Waals surface area contributed by atoms with E-state index in [0.29, 0.717) is 114 Å². The van der Waals surface area contributed by atoms with Crippen LogP contribution in [0, 0.1) is 0 Å². The molecule has 5 aromatic carbocycles. The summed E-state index contributed by atoms with van der Waals surface area (Å²) in [6.45, 7) is 10.8. The van der Waals surface area contributed by atoms with Gasteiger partial charge in [0.15, 0.2) is 5.71 Å². The van der Waals surface area contributed by atoms with E-state index in [-0.39, 0.29) is 46.0 Å². The van der Waals surface area contributed by atoms with Gasteiger partial charge in [-0.25, -0.2) is 8.42 Å². The van der Waals surface area contributed by atoms with E-state index in [2.05, 4.69) is 10.6 Å². The molecule has 8 rings (SSSR count). The molecule has 428 valence electrons. The number of carbonyl (C=O) groups is 2. The highest BCUT2D eigenvalue weighted by molar-refractivity contribution is 7.87. The highest BCUT2D eigenvalue weighted by Gasteiger charge is 2.46. The van der Waals surface area contributed by atoms with E-state index in [9.17, 15) is 61.5 Å². The Hall–Kier alpha value is -6.96. The minimum absolute atomic E-state index is 0.0256. The number of hydrogen-bond acceptors (Lipinski definition) is 13. The molecule has 0 bridgehead atoms. The second-order valence-electron chi connectivity index (χ2n) is 21.1. The van der Waals surface area contributed by atoms with Crippen molar-refractivity contribution in [2.24, 2.45) is 0 Å². The van der Waals surface area contributed by atoms with Gasteiger partial charge in [0.1, 0.15) is 11.4 Å². The largest absolute Gasteiger partial charge is 0.748 e. The molecule has 0 radical (unpaired) electrons. The summed E-state index contributed by atoms with van der Waals surface area (Å²) in [6.07, 6.45) is 11.5. The zero-order valence-corrected chi connectivity index (χ0v) is 48.5. The van der Waals surface area contributed by atoms with Gasteiger partial charge in [0, 0.05) is 89.9 Å². The first-order chi connectivity index (χ1) is 38.0. The zero-order valence-electron chi connectivity index (χ0n) is 45.2. The molecule has 2 aliphatic rings. The van der Waals surface area contributed by atoms with Crippen LogP contribution in [0.2, 0.25) is 0 Å². The maximum atomic E-state index is 13.5. The van der Waals surface area contributed by atoms with Gasteiger partial charge >= 0.3 is 0 Å². The molecule has 5 N–H and O–H groups in total. The standard InChI is InChI=1S/C58H63N5O14S4/c1-6-30-62-49-26-23-44-46(34-43(80(72,73)74)35-50(44)81(75,76)77)55(49)58(4,5)51(62)27-20-40(47-24-18-41(37-60-47)56(65)59-29-12-8-11-16-53(64)61-36-38-14-9-7-10-15-38)21-28-52-57(2,3)54-45-33-42(79(69,70)71)22-17-39(45)19-25-48(54)63(52)31-13-32-78(66,67)68/h7,9-10,14-15,17-28,33-35,37H,6,8,11-13,16,29-32,36H2,1-5H3,(H5-,59,61,64,65,66,67,68,69,70,71,72,73,74,75,76,77). The fourth-order valence-corrected chi connectivity index (χ4v) is 13.2. The van der Waals surface area contributed by atoms with E-state index >= 15 is 0 Å². The molecule has 2 aliphatic heterocycles. The fraction of sp³-hybridized carbons (Fsp3) is 0.310. The highest BCUT2D eigenvalue weighted by atomic mass is 32.2. The third-order valence-electron chi connectivity index (χ3n) is 14.7. The van der Waals surface area contributed by atoms with Crippen LogP contribution in [0.5, 0.6) is 0 Å². The van der Waals surface area contributed by atoms with Gasteiger partial charge in [-0.3, -0.25) is 28.2 Å². The fourth-order valence-electron chi connectivity index (χ4n) is 10.9. The number of hydrogen-bond donors (Lipinski definition) is 5. The van der Waals surface area contributed by atoms with Gasteiger partial charge in [-0.05, 0) is 121 Å². The van der Waals surface area contributed by atoms with E-state index in [0.717, 1.165) is 5.56 Å². The molecule has 0 aliphatic carbocycles. The normalized spacial score (nSPS) is 15.9. The molecule has 3 heterocycles. The third-order valence-corrected chi connectivity index (χ3v) is 18.0. The highest BCUT2D eigenvalue weighted by Crippen LogP contribution is 2.52. The van der Waals surface area contributed by atoms with Crippen molar-refractivity contribution in [2.45, 2.75) is 105 Å². The van der Waals surface area contributed by atoms with E-state index in [4.69, 9.17) is 4.98 Å². The number of pyridine rings is 1. The monoisotopic (exact) mass is 1180 g/mol. The SMILES string of the molecule is CCCN1/C(=C/C=C(/C=C/C2=[N+](CCCS(=O)(=O)[O-])c3ccc4ccc(S(=O)(=O)O)cc4c3C2(C)C)c2ccc(C(=O)NCCCCCC(=O)NCc3ccccc3)cn2)C(C)(C)c2c1ccc1c(S(=O)(=O)O)cc(S(=O)(=O)O)cc21. The topological polar surface area (TPSA) is 298 Å². The summed E-state index contributed by atoms with van der Waals surface area (Å²) >= 11 is 0. The lowest BCUT2D eigenvalue weighted by Gasteiger charge is -2.27. The molecular weight excluding hydrogens is 1120 g/mol. The Morgan fingerprint density at radius 2 is 1.43 bits per heavy atom. The number of aromatic nitrogens is 1. The first-order valence-corrected chi connectivity index (χ1v) is 32.0. The van der Waals surface area contributed by atoms with Crippen molar-refractivity contribution in [3.8, 4) is 0 Å². The third kappa shape index (κ3) is 13.4. The smallest absolute Gasteiger partial charge is 0.295 e. The molecule has 0 atom stereocenters. The molecule has 81 heavy (non-hydrogen) atoms. The lowest BCUT2D eigenvalue weighted by Crippen LogP contribution is -2.28. The van der Waals surface area contributed by atoms with Crippen LogP contribution in [0.15, 0.2) is 148 Å². The number of allylic oxidation sites excluding steroid dienone is 6. The van der Waals surface area contributed by atoms with Crippen molar-refractivity contribution in [1.29, 1.82) is 0 Å². The van der Waals surface area contributed by atoms with Gasteiger partial charge in [-0.2, -0.15) is 29.8 Å². The maximum Gasteiger partial charge on any atom is 0.295 e. The average molecular weight is 1180 g/mol. The maximum absolute atomic E-state index is 13.5. The van der Waals surface area contributed by atoms with Crippen LogP contribution >= 0.6 is 0 Å². The number of nitrogens with one attached hydrogen (secondary N) is 2. The Balaban J connectivity index is 1.18. The van der Waals surface area contributed by atoms with Crippen LogP contribution in [0.25, 0.3) is 27.1 Å². The Kier molecular flexibility index (Phi) is 17.4. The summed E-state index contributed by atoms with van der Waals surface area (Å²) < 4.78 is 144. The number of nitrogens with zero attached hydrogens (tertiary/aromatic N) is 3. The predicted molar refractivity (Wildman–Crippen MR) is 309 cm³/mol. The van der Waals surface area contributed by atoms with Crippen molar-refractivity contribution >= 4 is 96.5 Å². The van der Waals surface area contributed by atoms with Crippen LogP contribution in [0.1, 0.15) is 106 Å². The second-order valence-corrected chi connectivity index (χ2v) is 26.8. The summed E-state index contributed by atoms with van der Waals surface area (Å²) in [5.74, 6) is -1.09. The number of carbonyl (C=O) groups excluding carboxylic acids is 2. The van der Waals surface area contributed by atoms with Crippen LogP contribution in [0.3, 0.4) is 0 Å². The van der Waals surface area contributed by atoms with Gasteiger partial charge in [-0.1, -0.05) is 75.7 Å². The Bertz CT molecular complexity index is 4080. The molecule has 0 spiro atoms. The first kappa shape index (κ1) is 60.1. The van der Waals surface area contributed by atoms with Crippen LogP contribution in [0.4, 0.5) is 11.4 Å². The van der Waals surface area contributed by atoms with Gasteiger partial charge < -0.3 is 20.1 Å². The van der Waals surface area contributed by atoms with Gasteiger partial charge in [0.25, 0.3) is 36.3 Å². The molecule has 1 aromatic heterocycles. The number of amides is 2. The Morgan fingerprint density at radius 1 is 0.728 bits per heavy atom. The zero-order chi connectivity index (χ0) is 58.9. The summed E-state index contributed by atoms with van der Waals surface area (Å²) in [5.41, 5.74) is 3.88. The molecule has 0 saturated carbocycles. The number of anilines is 1. The molecule has 19 nitrogen and oxygen atoms in total. The quantitative estimate of drug-likeness (QED) is 0.0184. The van der Waals surface area contributed by atoms with Gasteiger partial charge in [0.2, 0.25) is 11.6 Å². The van der Waals surface area contributed by atoms with E-state index < -0.39 is 66.8 Å². The van der Waals surface area contributed by atoms with Crippen LogP contribution < -0.4 is 15.5 Å². The van der Waals surface area contributed by atoms with Crippen molar-refractivity contribution in [3.63, 3.8) is 0 Å². The van der Waals surface area contributed by atoms with Crippen LogP contribution in [-0.4, -0.2) is 104 Å². The number of fused-ring (bicyclic) bond motifs is 6. The predicted octanol–water partition coefficient (Wildman–Crippen LogP) is 8.78. The lowest BCUT2D eigenvalue weighted by molar-refractivity contribution is -0.437. The van der Waals surface area contributed by atoms with Crippen LogP contribution in [-0.2, 0) is 62.6 Å². The van der Waals surface area contributed by atoms with Crippen molar-refractivity contribution in [2.75, 3.05) is 30.3 Å². The molecule has 0 unspecified atom stereocenters. The molecule has 6 aromatic rings. The van der Waals surface area contributed by atoms with E-state index in [1.807, 2.05) is 92.6 Å². The lowest BCUT2D eigenvalue weighted by atomic mass is 9.79. The van der Waals surface area contributed by atoms with Gasteiger partial charge in [0.05, 0.1) is 36.6 Å². The van der Waals surface area contributed by atoms with E-state index in [1.165, 1.54) is 30.5 Å². The molecule has 23 heteroatoms. The second kappa shape index (κ2) is 23.5. The minimum atomic E-state index is -5.00.